The van der Waals surface area contributed by atoms with Gasteiger partial charge in [0.15, 0.2) is 0 Å². The van der Waals surface area contributed by atoms with Crippen molar-refractivity contribution in [2.24, 2.45) is 0 Å². The van der Waals surface area contributed by atoms with Crippen molar-refractivity contribution in [1.82, 2.24) is 4.90 Å². The summed E-state index contributed by atoms with van der Waals surface area (Å²) in [7, 11) is 0. The van der Waals surface area contributed by atoms with Crippen LogP contribution in [-0.2, 0) is 12.8 Å². The van der Waals surface area contributed by atoms with Gasteiger partial charge in [-0.1, -0.05) is 72.8 Å². The second-order valence-electron chi connectivity index (χ2n) is 6.85. The van der Waals surface area contributed by atoms with Crippen LogP contribution in [0.3, 0.4) is 0 Å². The molecule has 0 unspecified atom stereocenters. The Kier molecular flexibility index (Phi) is 6.58. The molecule has 4 heteroatoms. The largest absolute Gasteiger partial charge is 0.388 e. The number of benzene rings is 2. The third-order valence-electron chi connectivity index (χ3n) is 5.04. The number of rotatable bonds is 7. The first-order valence-corrected chi connectivity index (χ1v) is 9.19. The number of hydrogen-bond donors (Lipinski definition) is 3. The SMILES string of the molecule is O[C@@H]1[C@@H](O)[C@H](N(CCc2ccccc2)CCc2ccccc2)C=C[C@H]1O. The molecule has 0 amide bonds. The van der Waals surface area contributed by atoms with Crippen molar-refractivity contribution in [1.29, 1.82) is 0 Å². The average molecular weight is 353 g/mol. The van der Waals surface area contributed by atoms with Gasteiger partial charge in [-0.3, -0.25) is 4.90 Å². The molecule has 0 aromatic heterocycles. The molecule has 3 N–H and O–H groups in total. The summed E-state index contributed by atoms with van der Waals surface area (Å²) in [4.78, 5) is 2.19. The van der Waals surface area contributed by atoms with E-state index in [1.54, 1.807) is 6.08 Å². The average Bonchev–Trinajstić information content (AvgIpc) is 2.69. The molecule has 26 heavy (non-hydrogen) atoms. The second kappa shape index (κ2) is 9.10. The molecule has 0 radical (unpaired) electrons. The molecular formula is C22H27NO3. The van der Waals surface area contributed by atoms with Crippen LogP contribution in [-0.4, -0.2) is 57.7 Å². The lowest BCUT2D eigenvalue weighted by Gasteiger charge is -2.38. The van der Waals surface area contributed by atoms with E-state index in [0.29, 0.717) is 0 Å². The first-order valence-electron chi connectivity index (χ1n) is 9.19. The molecular weight excluding hydrogens is 326 g/mol. The van der Waals surface area contributed by atoms with Crippen LogP contribution in [0.2, 0.25) is 0 Å². The predicted octanol–water partition coefficient (Wildman–Crippen LogP) is 1.79. The summed E-state index contributed by atoms with van der Waals surface area (Å²) in [5, 5.41) is 30.3. The van der Waals surface area contributed by atoms with Crippen molar-refractivity contribution in [3.8, 4) is 0 Å². The van der Waals surface area contributed by atoms with E-state index in [4.69, 9.17) is 0 Å². The summed E-state index contributed by atoms with van der Waals surface area (Å²) in [6, 6.07) is 20.2. The number of nitrogens with zero attached hydrogens (tertiary/aromatic N) is 1. The fourth-order valence-corrected chi connectivity index (χ4v) is 3.44. The van der Waals surface area contributed by atoms with Crippen LogP contribution >= 0.6 is 0 Å². The highest BCUT2D eigenvalue weighted by Gasteiger charge is 2.35. The van der Waals surface area contributed by atoms with E-state index in [2.05, 4.69) is 29.2 Å². The smallest absolute Gasteiger partial charge is 0.111 e. The van der Waals surface area contributed by atoms with Crippen LogP contribution in [0.1, 0.15) is 11.1 Å². The third kappa shape index (κ3) is 4.80. The molecule has 3 rings (SSSR count). The lowest BCUT2D eigenvalue weighted by atomic mass is 9.92. The van der Waals surface area contributed by atoms with Crippen LogP contribution < -0.4 is 0 Å². The normalized spacial score (nSPS) is 25.5. The van der Waals surface area contributed by atoms with Crippen molar-refractivity contribution in [2.75, 3.05) is 13.1 Å². The van der Waals surface area contributed by atoms with Crippen LogP contribution in [0.5, 0.6) is 0 Å². The van der Waals surface area contributed by atoms with Crippen molar-refractivity contribution in [2.45, 2.75) is 37.2 Å². The number of hydrogen-bond acceptors (Lipinski definition) is 4. The zero-order chi connectivity index (χ0) is 18.4. The van der Waals surface area contributed by atoms with Crippen molar-refractivity contribution >= 4 is 0 Å². The van der Waals surface area contributed by atoms with Gasteiger partial charge in [-0.2, -0.15) is 0 Å². The lowest BCUT2D eigenvalue weighted by Crippen LogP contribution is -2.54. The summed E-state index contributed by atoms with van der Waals surface area (Å²) >= 11 is 0. The van der Waals surface area contributed by atoms with Gasteiger partial charge in [0.2, 0.25) is 0 Å². The molecule has 0 fully saturated rings. The summed E-state index contributed by atoms with van der Waals surface area (Å²) in [6.45, 7) is 1.54. The predicted molar refractivity (Wildman–Crippen MR) is 103 cm³/mol. The van der Waals surface area contributed by atoms with Crippen molar-refractivity contribution in [3.63, 3.8) is 0 Å². The van der Waals surface area contributed by atoms with E-state index in [1.807, 2.05) is 42.5 Å². The molecule has 1 aliphatic rings. The van der Waals surface area contributed by atoms with Crippen LogP contribution in [0.15, 0.2) is 72.8 Å². The van der Waals surface area contributed by atoms with Gasteiger partial charge >= 0.3 is 0 Å². The Morgan fingerprint density at radius 3 is 1.65 bits per heavy atom. The lowest BCUT2D eigenvalue weighted by molar-refractivity contribution is -0.0758. The van der Waals surface area contributed by atoms with Gasteiger partial charge in [0.05, 0.1) is 6.04 Å². The molecule has 0 heterocycles. The van der Waals surface area contributed by atoms with Gasteiger partial charge in [-0.25, -0.2) is 0 Å². The van der Waals surface area contributed by atoms with E-state index < -0.39 is 18.3 Å². The van der Waals surface area contributed by atoms with Gasteiger partial charge in [0.25, 0.3) is 0 Å². The van der Waals surface area contributed by atoms with E-state index in [1.165, 1.54) is 11.1 Å². The Labute approximate surface area is 155 Å². The molecule has 4 atom stereocenters. The molecule has 1 aliphatic carbocycles. The zero-order valence-corrected chi connectivity index (χ0v) is 14.9. The van der Waals surface area contributed by atoms with Gasteiger partial charge < -0.3 is 15.3 Å². The van der Waals surface area contributed by atoms with Gasteiger partial charge in [0, 0.05) is 13.1 Å². The minimum Gasteiger partial charge on any atom is -0.388 e. The minimum atomic E-state index is -1.15. The molecule has 4 nitrogen and oxygen atoms in total. The molecule has 0 saturated carbocycles. The first kappa shape index (κ1) is 18.8. The van der Waals surface area contributed by atoms with Gasteiger partial charge in [0.1, 0.15) is 18.3 Å². The highest BCUT2D eigenvalue weighted by Crippen LogP contribution is 2.20. The van der Waals surface area contributed by atoms with Crippen molar-refractivity contribution in [3.05, 3.63) is 83.9 Å². The maximum absolute atomic E-state index is 10.5. The maximum atomic E-state index is 10.5. The highest BCUT2D eigenvalue weighted by atomic mass is 16.4. The Bertz CT molecular complexity index is 646. The Balaban J connectivity index is 1.71. The van der Waals surface area contributed by atoms with E-state index in [-0.39, 0.29) is 6.04 Å². The summed E-state index contributed by atoms with van der Waals surface area (Å²) < 4.78 is 0. The monoisotopic (exact) mass is 353 g/mol. The molecule has 0 spiro atoms. The minimum absolute atomic E-state index is 0.305. The highest BCUT2D eigenvalue weighted by molar-refractivity contribution is 5.17. The third-order valence-corrected chi connectivity index (χ3v) is 5.04. The molecule has 2 aromatic rings. The standard InChI is InChI=1S/C22H27NO3/c24-20-12-11-19(21(25)22(20)26)23(15-13-17-7-3-1-4-8-17)16-14-18-9-5-2-6-10-18/h1-12,19-22,24-26H,13-16H2/t19-,20-,21+,22+/m1/s1. The Morgan fingerprint density at radius 1 is 0.654 bits per heavy atom. The first-order chi connectivity index (χ1) is 12.6. The molecule has 0 aliphatic heterocycles. The van der Waals surface area contributed by atoms with E-state index in [0.717, 1.165) is 25.9 Å². The summed E-state index contributed by atoms with van der Waals surface area (Å²) in [6.07, 6.45) is 1.98. The molecule has 0 bridgehead atoms. The number of aliphatic hydroxyl groups is 3. The zero-order valence-electron chi connectivity index (χ0n) is 14.9. The van der Waals surface area contributed by atoms with Crippen LogP contribution in [0.4, 0.5) is 0 Å². The number of aliphatic hydroxyl groups excluding tert-OH is 3. The maximum Gasteiger partial charge on any atom is 0.111 e. The van der Waals surface area contributed by atoms with Crippen LogP contribution in [0, 0.1) is 0 Å². The van der Waals surface area contributed by atoms with E-state index in [9.17, 15) is 15.3 Å². The topological polar surface area (TPSA) is 63.9 Å². The second-order valence-corrected chi connectivity index (χ2v) is 6.85. The van der Waals surface area contributed by atoms with Crippen molar-refractivity contribution < 1.29 is 15.3 Å². The fraction of sp³-hybridized carbons (Fsp3) is 0.364. The van der Waals surface area contributed by atoms with E-state index >= 15 is 0 Å². The summed E-state index contributed by atoms with van der Waals surface area (Å²) in [5.74, 6) is 0. The van der Waals surface area contributed by atoms with Gasteiger partial charge in [-0.15, -0.1) is 0 Å². The van der Waals surface area contributed by atoms with Crippen LogP contribution in [0.25, 0.3) is 0 Å². The Morgan fingerprint density at radius 2 is 1.15 bits per heavy atom. The fourth-order valence-electron chi connectivity index (χ4n) is 3.44. The molecule has 0 saturated heterocycles. The quantitative estimate of drug-likeness (QED) is 0.664. The Hall–Kier alpha value is -1.98. The molecule has 2 aromatic carbocycles. The van der Waals surface area contributed by atoms with Gasteiger partial charge in [-0.05, 0) is 24.0 Å². The summed E-state index contributed by atoms with van der Waals surface area (Å²) in [5.41, 5.74) is 2.49. The molecule has 138 valence electrons.